The Labute approximate surface area is 178 Å². The zero-order valence-corrected chi connectivity index (χ0v) is 18.3. The molecule has 154 valence electrons. The van der Waals surface area contributed by atoms with Gasteiger partial charge in [-0.1, -0.05) is 18.2 Å². The van der Waals surface area contributed by atoms with Gasteiger partial charge in [0.05, 0.1) is 20.3 Å². The van der Waals surface area contributed by atoms with Crippen molar-refractivity contribution in [2.24, 2.45) is 0 Å². The van der Waals surface area contributed by atoms with Crippen molar-refractivity contribution >= 4 is 24.2 Å². The van der Waals surface area contributed by atoms with Crippen LogP contribution in [0.2, 0.25) is 0 Å². The van der Waals surface area contributed by atoms with Gasteiger partial charge in [0.2, 0.25) is 0 Å². The second-order valence-corrected chi connectivity index (χ2v) is 7.84. The molecule has 0 aromatic heterocycles. The van der Waals surface area contributed by atoms with Crippen molar-refractivity contribution in [1.29, 1.82) is 0 Å². The normalized spacial score (nSPS) is 19.7. The lowest BCUT2D eigenvalue weighted by molar-refractivity contribution is 0.134. The van der Waals surface area contributed by atoms with Gasteiger partial charge in [0, 0.05) is 17.0 Å². The third-order valence-corrected chi connectivity index (χ3v) is 6.11. The molecule has 1 fully saturated rings. The summed E-state index contributed by atoms with van der Waals surface area (Å²) in [4.78, 5) is 1.06. The lowest BCUT2D eigenvalue weighted by Crippen LogP contribution is -2.34. The maximum absolute atomic E-state index is 10.8. The Kier molecular flexibility index (Phi) is 8.96. The van der Waals surface area contributed by atoms with Crippen LogP contribution in [-0.2, 0) is 6.42 Å². The van der Waals surface area contributed by atoms with Crippen LogP contribution in [-0.4, -0.2) is 37.7 Å². The number of ether oxygens (including phenoxy) is 2. The Bertz CT molecular complexity index is 741. The first-order valence-electron chi connectivity index (χ1n) is 9.43. The largest absolute Gasteiger partial charge is 0.497 e. The number of aliphatic hydroxyl groups excluding tert-OH is 1. The molecule has 2 aromatic rings. The number of hydrogen-bond donors (Lipinski definition) is 2. The molecule has 1 aliphatic rings. The fourth-order valence-electron chi connectivity index (χ4n) is 3.73. The third-order valence-electron chi connectivity index (χ3n) is 5.35. The van der Waals surface area contributed by atoms with Crippen molar-refractivity contribution < 1.29 is 14.6 Å². The van der Waals surface area contributed by atoms with Gasteiger partial charge in [-0.3, -0.25) is 0 Å². The SMILES string of the molecule is COc1ccc(CCC2CCC(C(O)c3ccc(OC)c(SC)c3)N2)cc1.Cl. The predicted molar refractivity (Wildman–Crippen MR) is 118 cm³/mol. The van der Waals surface area contributed by atoms with Crippen LogP contribution in [0.3, 0.4) is 0 Å². The fourth-order valence-corrected chi connectivity index (χ4v) is 4.34. The maximum Gasteiger partial charge on any atom is 0.132 e. The van der Waals surface area contributed by atoms with Gasteiger partial charge in [-0.15, -0.1) is 24.2 Å². The summed E-state index contributed by atoms with van der Waals surface area (Å²) >= 11 is 1.64. The van der Waals surface area contributed by atoms with Crippen LogP contribution in [0.15, 0.2) is 47.4 Å². The van der Waals surface area contributed by atoms with E-state index in [0.717, 1.165) is 47.6 Å². The van der Waals surface area contributed by atoms with Gasteiger partial charge < -0.3 is 19.9 Å². The van der Waals surface area contributed by atoms with E-state index in [0.29, 0.717) is 6.04 Å². The highest BCUT2D eigenvalue weighted by atomic mass is 35.5. The summed E-state index contributed by atoms with van der Waals surface area (Å²) in [5.41, 5.74) is 2.27. The summed E-state index contributed by atoms with van der Waals surface area (Å²) in [6, 6.07) is 14.8. The van der Waals surface area contributed by atoms with Gasteiger partial charge in [-0.2, -0.15) is 0 Å². The number of aryl methyl sites for hydroxylation is 1. The highest BCUT2D eigenvalue weighted by Crippen LogP contribution is 2.33. The minimum Gasteiger partial charge on any atom is -0.497 e. The molecule has 28 heavy (non-hydrogen) atoms. The minimum absolute atomic E-state index is 0. The second kappa shape index (κ2) is 11.0. The summed E-state index contributed by atoms with van der Waals surface area (Å²) < 4.78 is 10.6. The summed E-state index contributed by atoms with van der Waals surface area (Å²) in [5, 5.41) is 14.5. The maximum atomic E-state index is 10.8. The standard InChI is InChI=1S/C22H29NO3S.ClH/c1-25-18-10-5-15(6-11-18)4-8-17-9-12-19(23-17)22(24)16-7-13-20(26-2)21(14-16)27-3;/h5-7,10-11,13-14,17,19,22-24H,4,8-9,12H2,1-3H3;1H. The highest BCUT2D eigenvalue weighted by Gasteiger charge is 2.30. The molecule has 1 heterocycles. The van der Waals surface area contributed by atoms with Crippen LogP contribution < -0.4 is 14.8 Å². The number of rotatable bonds is 8. The van der Waals surface area contributed by atoms with Crippen molar-refractivity contribution in [3.8, 4) is 11.5 Å². The molecular formula is C22H30ClNO3S. The monoisotopic (exact) mass is 423 g/mol. The molecule has 1 aliphatic heterocycles. The van der Waals surface area contributed by atoms with E-state index in [1.54, 1.807) is 26.0 Å². The first-order chi connectivity index (χ1) is 13.1. The molecule has 2 N–H and O–H groups in total. The number of benzene rings is 2. The summed E-state index contributed by atoms with van der Waals surface area (Å²) in [5.74, 6) is 1.75. The molecule has 3 atom stereocenters. The minimum atomic E-state index is -0.493. The molecular weight excluding hydrogens is 394 g/mol. The quantitative estimate of drug-likeness (QED) is 0.606. The summed E-state index contributed by atoms with van der Waals surface area (Å²) in [6.07, 6.45) is 5.74. The van der Waals surface area contributed by atoms with Gasteiger partial charge in [-0.05, 0) is 67.3 Å². The van der Waals surface area contributed by atoms with Crippen LogP contribution in [0, 0.1) is 0 Å². The topological polar surface area (TPSA) is 50.7 Å². The van der Waals surface area contributed by atoms with Gasteiger partial charge in [-0.25, -0.2) is 0 Å². The molecule has 0 spiro atoms. The van der Waals surface area contributed by atoms with Crippen LogP contribution in [0.25, 0.3) is 0 Å². The molecule has 0 amide bonds. The van der Waals surface area contributed by atoms with E-state index >= 15 is 0 Å². The van der Waals surface area contributed by atoms with E-state index in [2.05, 4.69) is 17.4 Å². The molecule has 3 unspecified atom stereocenters. The van der Waals surface area contributed by atoms with E-state index < -0.39 is 6.10 Å². The Balaban J connectivity index is 0.00000280. The van der Waals surface area contributed by atoms with E-state index in [9.17, 15) is 5.11 Å². The van der Waals surface area contributed by atoms with Crippen molar-refractivity contribution in [2.45, 2.75) is 48.8 Å². The average Bonchev–Trinajstić information content (AvgIpc) is 3.20. The Morgan fingerprint density at radius 3 is 2.50 bits per heavy atom. The molecule has 0 bridgehead atoms. The van der Waals surface area contributed by atoms with Crippen molar-refractivity contribution in [3.05, 3.63) is 53.6 Å². The molecule has 0 saturated carbocycles. The molecule has 0 radical (unpaired) electrons. The first-order valence-corrected chi connectivity index (χ1v) is 10.7. The first kappa shape index (κ1) is 22.9. The van der Waals surface area contributed by atoms with E-state index in [1.165, 1.54) is 5.56 Å². The number of thioether (sulfide) groups is 1. The van der Waals surface area contributed by atoms with Crippen molar-refractivity contribution in [3.63, 3.8) is 0 Å². The molecule has 0 aliphatic carbocycles. The van der Waals surface area contributed by atoms with Crippen LogP contribution in [0.4, 0.5) is 0 Å². The Morgan fingerprint density at radius 2 is 1.86 bits per heavy atom. The zero-order chi connectivity index (χ0) is 19.2. The van der Waals surface area contributed by atoms with Crippen LogP contribution >= 0.6 is 24.2 Å². The predicted octanol–water partition coefficient (Wildman–Crippen LogP) is 4.63. The molecule has 3 rings (SSSR count). The van der Waals surface area contributed by atoms with Crippen molar-refractivity contribution in [1.82, 2.24) is 5.32 Å². The van der Waals surface area contributed by atoms with Gasteiger partial charge in [0.25, 0.3) is 0 Å². The number of methoxy groups -OCH3 is 2. The zero-order valence-electron chi connectivity index (χ0n) is 16.7. The number of halogens is 1. The molecule has 4 nitrogen and oxygen atoms in total. The fraction of sp³-hybridized carbons (Fsp3) is 0.455. The van der Waals surface area contributed by atoms with Gasteiger partial charge in [0.1, 0.15) is 11.5 Å². The average molecular weight is 424 g/mol. The van der Waals surface area contributed by atoms with E-state index in [1.807, 2.05) is 36.6 Å². The number of hydrogen-bond acceptors (Lipinski definition) is 5. The third kappa shape index (κ3) is 5.57. The van der Waals surface area contributed by atoms with Gasteiger partial charge in [0.15, 0.2) is 0 Å². The smallest absolute Gasteiger partial charge is 0.132 e. The summed E-state index contributed by atoms with van der Waals surface area (Å²) in [6.45, 7) is 0. The molecule has 1 saturated heterocycles. The Hall–Kier alpha value is -1.40. The number of nitrogens with one attached hydrogen (secondary N) is 1. The molecule has 6 heteroatoms. The van der Waals surface area contributed by atoms with E-state index in [-0.39, 0.29) is 18.4 Å². The van der Waals surface area contributed by atoms with E-state index in [4.69, 9.17) is 9.47 Å². The van der Waals surface area contributed by atoms with Gasteiger partial charge >= 0.3 is 0 Å². The van der Waals surface area contributed by atoms with Crippen molar-refractivity contribution in [2.75, 3.05) is 20.5 Å². The van der Waals surface area contributed by atoms with Crippen LogP contribution in [0.1, 0.15) is 36.5 Å². The Morgan fingerprint density at radius 1 is 1.11 bits per heavy atom. The lowest BCUT2D eigenvalue weighted by Gasteiger charge is -2.21. The van der Waals surface area contributed by atoms with Crippen LogP contribution in [0.5, 0.6) is 11.5 Å². The summed E-state index contributed by atoms with van der Waals surface area (Å²) in [7, 11) is 3.37. The highest BCUT2D eigenvalue weighted by molar-refractivity contribution is 7.98. The number of aliphatic hydroxyl groups is 1. The second-order valence-electron chi connectivity index (χ2n) is 6.99. The molecule has 2 aromatic carbocycles. The lowest BCUT2D eigenvalue weighted by atomic mass is 10.0.